The number of esters is 1. The topological polar surface area (TPSA) is 43.4 Å². The summed E-state index contributed by atoms with van der Waals surface area (Å²) in [7, 11) is 0. The van der Waals surface area contributed by atoms with Crippen LogP contribution in [0.15, 0.2) is 0 Å². The molecule has 11 heavy (non-hydrogen) atoms. The Hall–Kier alpha value is -0.860. The standard InChI is InChI=1S/C8H12O3/c1-6(9)8(10)11-7-4-2-3-5-7/h7H,2-5H2,1H3. The molecule has 0 spiro atoms. The van der Waals surface area contributed by atoms with Crippen LogP contribution in [0.25, 0.3) is 0 Å². The lowest BCUT2D eigenvalue weighted by Crippen LogP contribution is -2.20. The summed E-state index contributed by atoms with van der Waals surface area (Å²) in [5.41, 5.74) is 0. The van der Waals surface area contributed by atoms with Gasteiger partial charge < -0.3 is 4.74 Å². The van der Waals surface area contributed by atoms with Gasteiger partial charge in [-0.3, -0.25) is 4.79 Å². The minimum atomic E-state index is -0.683. The number of ketones is 1. The van der Waals surface area contributed by atoms with E-state index >= 15 is 0 Å². The van der Waals surface area contributed by atoms with E-state index in [1.165, 1.54) is 6.92 Å². The Morgan fingerprint density at radius 3 is 2.27 bits per heavy atom. The van der Waals surface area contributed by atoms with Crippen molar-refractivity contribution in [2.45, 2.75) is 38.7 Å². The zero-order valence-corrected chi connectivity index (χ0v) is 6.63. The molecule has 0 N–H and O–H groups in total. The van der Waals surface area contributed by atoms with Crippen LogP contribution in [-0.2, 0) is 14.3 Å². The van der Waals surface area contributed by atoms with Gasteiger partial charge in [-0.15, -0.1) is 0 Å². The van der Waals surface area contributed by atoms with Crippen LogP contribution in [0, 0.1) is 0 Å². The highest BCUT2D eigenvalue weighted by atomic mass is 16.5. The van der Waals surface area contributed by atoms with Gasteiger partial charge in [0.05, 0.1) is 0 Å². The lowest BCUT2D eigenvalue weighted by molar-refractivity contribution is -0.156. The maximum absolute atomic E-state index is 10.7. The summed E-state index contributed by atoms with van der Waals surface area (Å²) in [6.07, 6.45) is 4.05. The van der Waals surface area contributed by atoms with Crippen molar-refractivity contribution in [1.82, 2.24) is 0 Å². The van der Waals surface area contributed by atoms with Crippen molar-refractivity contribution in [1.29, 1.82) is 0 Å². The number of hydrogen-bond donors (Lipinski definition) is 0. The van der Waals surface area contributed by atoms with Crippen LogP contribution in [0.5, 0.6) is 0 Å². The molecular formula is C8H12O3. The lowest BCUT2D eigenvalue weighted by atomic mass is 10.3. The minimum Gasteiger partial charge on any atom is -0.457 e. The van der Waals surface area contributed by atoms with Gasteiger partial charge in [-0.25, -0.2) is 4.79 Å². The average Bonchev–Trinajstić information content (AvgIpc) is 2.39. The molecule has 0 saturated heterocycles. The summed E-state index contributed by atoms with van der Waals surface area (Å²) in [6.45, 7) is 1.23. The van der Waals surface area contributed by atoms with Gasteiger partial charge >= 0.3 is 5.97 Å². The van der Waals surface area contributed by atoms with E-state index in [0.717, 1.165) is 25.7 Å². The van der Waals surface area contributed by atoms with Crippen molar-refractivity contribution in [3.05, 3.63) is 0 Å². The second-order valence-corrected chi connectivity index (χ2v) is 2.87. The molecule has 0 bridgehead atoms. The molecule has 62 valence electrons. The third kappa shape index (κ3) is 2.33. The van der Waals surface area contributed by atoms with Crippen LogP contribution in [0.3, 0.4) is 0 Å². The van der Waals surface area contributed by atoms with Gasteiger partial charge in [0.1, 0.15) is 6.10 Å². The highest BCUT2D eigenvalue weighted by molar-refractivity contribution is 6.32. The highest BCUT2D eigenvalue weighted by Gasteiger charge is 2.20. The summed E-state index contributed by atoms with van der Waals surface area (Å²) >= 11 is 0. The van der Waals surface area contributed by atoms with Crippen LogP contribution in [0.1, 0.15) is 32.6 Å². The predicted molar refractivity (Wildman–Crippen MR) is 39.0 cm³/mol. The maximum Gasteiger partial charge on any atom is 0.374 e. The summed E-state index contributed by atoms with van der Waals surface area (Å²) in [5, 5.41) is 0. The number of ether oxygens (including phenoxy) is 1. The predicted octanol–water partition coefficient (Wildman–Crippen LogP) is 1.06. The first-order chi connectivity index (χ1) is 5.20. The Morgan fingerprint density at radius 2 is 1.82 bits per heavy atom. The monoisotopic (exact) mass is 156 g/mol. The molecule has 0 aromatic rings. The first-order valence-corrected chi connectivity index (χ1v) is 3.91. The van der Waals surface area contributed by atoms with E-state index in [1.807, 2.05) is 0 Å². The van der Waals surface area contributed by atoms with Crippen LogP contribution >= 0.6 is 0 Å². The molecule has 3 nitrogen and oxygen atoms in total. The number of rotatable bonds is 2. The number of carbonyl (C=O) groups is 2. The lowest BCUT2D eigenvalue weighted by Gasteiger charge is -2.08. The van der Waals surface area contributed by atoms with E-state index in [4.69, 9.17) is 4.74 Å². The summed E-state index contributed by atoms with van der Waals surface area (Å²) in [5.74, 6) is -1.19. The summed E-state index contributed by atoms with van der Waals surface area (Å²) in [6, 6.07) is 0. The van der Waals surface area contributed by atoms with Crippen LogP contribution in [0.4, 0.5) is 0 Å². The zero-order chi connectivity index (χ0) is 8.27. The molecule has 0 radical (unpaired) electrons. The van der Waals surface area contributed by atoms with E-state index < -0.39 is 11.8 Å². The molecular weight excluding hydrogens is 144 g/mol. The largest absolute Gasteiger partial charge is 0.457 e. The van der Waals surface area contributed by atoms with E-state index in [-0.39, 0.29) is 6.10 Å². The zero-order valence-electron chi connectivity index (χ0n) is 6.63. The number of Topliss-reactive ketones (excluding diaryl/α,β-unsaturated/α-hetero) is 1. The summed E-state index contributed by atoms with van der Waals surface area (Å²) in [4.78, 5) is 21.2. The third-order valence-corrected chi connectivity index (χ3v) is 1.86. The Kier molecular flexibility index (Phi) is 2.63. The molecule has 3 heteroatoms. The average molecular weight is 156 g/mol. The Balaban J connectivity index is 2.29. The molecule has 0 aromatic carbocycles. The van der Waals surface area contributed by atoms with Crippen LogP contribution < -0.4 is 0 Å². The molecule has 1 fully saturated rings. The Bertz CT molecular complexity index is 168. The van der Waals surface area contributed by atoms with Gasteiger partial charge in [0.15, 0.2) is 0 Å². The van der Waals surface area contributed by atoms with Crippen molar-refractivity contribution in [2.75, 3.05) is 0 Å². The van der Waals surface area contributed by atoms with Crippen molar-refractivity contribution >= 4 is 11.8 Å². The van der Waals surface area contributed by atoms with Crippen LogP contribution in [-0.4, -0.2) is 17.9 Å². The van der Waals surface area contributed by atoms with Crippen LogP contribution in [0.2, 0.25) is 0 Å². The molecule has 0 amide bonds. The molecule has 0 heterocycles. The van der Waals surface area contributed by atoms with Gasteiger partial charge in [0, 0.05) is 6.92 Å². The van der Waals surface area contributed by atoms with Crippen molar-refractivity contribution in [2.24, 2.45) is 0 Å². The number of carbonyl (C=O) groups excluding carboxylic acids is 2. The van der Waals surface area contributed by atoms with E-state index in [0.29, 0.717) is 0 Å². The summed E-state index contributed by atoms with van der Waals surface area (Å²) < 4.78 is 4.88. The maximum atomic E-state index is 10.7. The second-order valence-electron chi connectivity index (χ2n) is 2.87. The van der Waals surface area contributed by atoms with E-state index in [9.17, 15) is 9.59 Å². The van der Waals surface area contributed by atoms with E-state index in [1.54, 1.807) is 0 Å². The van der Waals surface area contributed by atoms with Gasteiger partial charge in [-0.2, -0.15) is 0 Å². The number of hydrogen-bond acceptors (Lipinski definition) is 3. The van der Waals surface area contributed by atoms with Gasteiger partial charge in [-0.05, 0) is 25.7 Å². The third-order valence-electron chi connectivity index (χ3n) is 1.86. The fraction of sp³-hybridized carbons (Fsp3) is 0.750. The van der Waals surface area contributed by atoms with E-state index in [2.05, 4.69) is 0 Å². The normalized spacial score (nSPS) is 18.3. The molecule has 1 saturated carbocycles. The molecule has 0 atom stereocenters. The Morgan fingerprint density at radius 1 is 1.27 bits per heavy atom. The van der Waals surface area contributed by atoms with Crippen molar-refractivity contribution in [3.8, 4) is 0 Å². The first-order valence-electron chi connectivity index (χ1n) is 3.91. The molecule has 1 aliphatic carbocycles. The van der Waals surface area contributed by atoms with Gasteiger partial charge in [0.25, 0.3) is 0 Å². The molecule has 1 aliphatic rings. The Labute approximate surface area is 65.7 Å². The SMILES string of the molecule is CC(=O)C(=O)OC1CCCC1. The van der Waals surface area contributed by atoms with Crippen molar-refractivity contribution < 1.29 is 14.3 Å². The fourth-order valence-corrected chi connectivity index (χ4v) is 1.24. The molecule has 0 aliphatic heterocycles. The van der Waals surface area contributed by atoms with Crippen molar-refractivity contribution in [3.63, 3.8) is 0 Å². The second kappa shape index (κ2) is 3.51. The quantitative estimate of drug-likeness (QED) is 0.443. The van der Waals surface area contributed by atoms with Gasteiger partial charge in [-0.1, -0.05) is 0 Å². The van der Waals surface area contributed by atoms with Gasteiger partial charge in [0.2, 0.25) is 5.78 Å². The molecule has 0 unspecified atom stereocenters. The minimum absolute atomic E-state index is 0.00593. The molecule has 0 aromatic heterocycles. The fourth-order valence-electron chi connectivity index (χ4n) is 1.24. The smallest absolute Gasteiger partial charge is 0.374 e. The first kappa shape index (κ1) is 8.24. The molecule has 1 rings (SSSR count). The highest BCUT2D eigenvalue weighted by Crippen LogP contribution is 2.20.